The van der Waals surface area contributed by atoms with Crippen LogP contribution in [0.2, 0.25) is 0 Å². The topological polar surface area (TPSA) is 30.5 Å². The molecule has 2 atom stereocenters. The largest absolute Gasteiger partial charge is 0.497 e. The first kappa shape index (κ1) is 16.3. The van der Waals surface area contributed by atoms with Crippen molar-refractivity contribution in [2.24, 2.45) is 0 Å². The highest BCUT2D eigenvalue weighted by molar-refractivity contribution is 5.28. The van der Waals surface area contributed by atoms with Crippen molar-refractivity contribution < 1.29 is 9.47 Å². The van der Waals surface area contributed by atoms with Crippen molar-refractivity contribution in [3.63, 3.8) is 0 Å². The summed E-state index contributed by atoms with van der Waals surface area (Å²) in [4.78, 5) is 0. The first-order chi connectivity index (χ1) is 10.3. The van der Waals surface area contributed by atoms with Gasteiger partial charge in [-0.15, -0.1) is 0 Å². The highest BCUT2D eigenvalue weighted by Crippen LogP contribution is 2.20. The average molecular weight is 291 g/mol. The van der Waals surface area contributed by atoms with Crippen LogP contribution in [0.4, 0.5) is 0 Å². The van der Waals surface area contributed by atoms with Gasteiger partial charge in [-0.05, 0) is 62.8 Å². The van der Waals surface area contributed by atoms with E-state index in [1.807, 2.05) is 6.07 Å². The van der Waals surface area contributed by atoms with E-state index in [0.29, 0.717) is 12.1 Å². The minimum atomic E-state index is 0.518. The summed E-state index contributed by atoms with van der Waals surface area (Å²) in [5.41, 5.74) is 1.34. The maximum absolute atomic E-state index is 5.71. The Bertz CT molecular complexity index is 402. The zero-order valence-electron chi connectivity index (χ0n) is 13.4. The van der Waals surface area contributed by atoms with E-state index in [1.165, 1.54) is 37.7 Å². The summed E-state index contributed by atoms with van der Waals surface area (Å²) in [7, 11) is 1.72. The smallest absolute Gasteiger partial charge is 0.119 e. The molecule has 1 aliphatic heterocycles. The van der Waals surface area contributed by atoms with Gasteiger partial charge in [-0.1, -0.05) is 19.1 Å². The molecule has 0 radical (unpaired) electrons. The van der Waals surface area contributed by atoms with Crippen molar-refractivity contribution in [1.29, 1.82) is 0 Å². The summed E-state index contributed by atoms with van der Waals surface area (Å²) < 4.78 is 11.0. The predicted octanol–water partition coefficient (Wildman–Crippen LogP) is 3.57. The first-order valence-corrected chi connectivity index (χ1v) is 8.29. The number of ether oxygens (including phenoxy) is 2. The summed E-state index contributed by atoms with van der Waals surface area (Å²) in [6.07, 6.45) is 7.74. The third kappa shape index (κ3) is 5.68. The molecule has 2 unspecified atom stereocenters. The number of nitrogens with one attached hydrogen (secondary N) is 1. The van der Waals surface area contributed by atoms with Gasteiger partial charge in [0.1, 0.15) is 5.75 Å². The molecule has 1 aliphatic rings. The maximum atomic E-state index is 5.71. The summed E-state index contributed by atoms with van der Waals surface area (Å²) in [5, 5.41) is 3.61. The van der Waals surface area contributed by atoms with Crippen LogP contribution in [-0.4, -0.2) is 32.4 Å². The average Bonchev–Trinajstić information content (AvgIpc) is 3.01. The molecular weight excluding hydrogens is 262 g/mol. The van der Waals surface area contributed by atoms with Gasteiger partial charge in [0.15, 0.2) is 0 Å². The van der Waals surface area contributed by atoms with E-state index in [2.05, 4.69) is 30.4 Å². The second-order valence-electron chi connectivity index (χ2n) is 5.88. The van der Waals surface area contributed by atoms with Crippen molar-refractivity contribution in [3.8, 4) is 5.75 Å². The second-order valence-corrected chi connectivity index (χ2v) is 5.88. The minimum absolute atomic E-state index is 0.518. The van der Waals surface area contributed by atoms with E-state index < -0.39 is 0 Å². The van der Waals surface area contributed by atoms with Crippen molar-refractivity contribution in [2.75, 3.05) is 20.3 Å². The molecule has 0 spiro atoms. The Hall–Kier alpha value is -1.06. The van der Waals surface area contributed by atoms with Crippen LogP contribution >= 0.6 is 0 Å². The standard InChI is InChI=1S/C18H29NO2/c1-3-19-16(8-5-9-17-11-6-12-21-17)13-15-7-4-10-18(14-15)20-2/h4,7,10,14,16-17,19H,3,5-6,8-9,11-13H2,1-2H3. The fourth-order valence-corrected chi connectivity index (χ4v) is 3.11. The van der Waals surface area contributed by atoms with Crippen LogP contribution < -0.4 is 10.1 Å². The van der Waals surface area contributed by atoms with Gasteiger partial charge in [0, 0.05) is 12.6 Å². The van der Waals surface area contributed by atoms with E-state index in [1.54, 1.807) is 7.11 Å². The van der Waals surface area contributed by atoms with Gasteiger partial charge < -0.3 is 14.8 Å². The fraction of sp³-hybridized carbons (Fsp3) is 0.667. The zero-order valence-corrected chi connectivity index (χ0v) is 13.4. The molecular formula is C18H29NO2. The molecule has 1 fully saturated rings. The van der Waals surface area contributed by atoms with Crippen molar-refractivity contribution >= 4 is 0 Å². The van der Waals surface area contributed by atoms with Crippen LogP contribution in [0.5, 0.6) is 5.75 Å². The number of benzene rings is 1. The quantitative estimate of drug-likeness (QED) is 0.754. The Morgan fingerprint density at radius 2 is 2.33 bits per heavy atom. The predicted molar refractivity (Wildman–Crippen MR) is 87.0 cm³/mol. The summed E-state index contributed by atoms with van der Waals surface area (Å²) in [6, 6.07) is 8.95. The van der Waals surface area contributed by atoms with Crippen LogP contribution in [0.3, 0.4) is 0 Å². The van der Waals surface area contributed by atoms with Crippen molar-refractivity contribution in [2.45, 2.75) is 57.6 Å². The molecule has 0 saturated carbocycles. The molecule has 1 aromatic rings. The molecule has 1 aromatic carbocycles. The number of hydrogen-bond acceptors (Lipinski definition) is 3. The summed E-state index contributed by atoms with van der Waals surface area (Å²) in [5.74, 6) is 0.946. The molecule has 118 valence electrons. The summed E-state index contributed by atoms with van der Waals surface area (Å²) in [6.45, 7) is 4.17. The Kier molecular flexibility index (Phi) is 7.04. The van der Waals surface area contributed by atoms with Gasteiger partial charge >= 0.3 is 0 Å². The number of likely N-dealkylation sites (N-methyl/N-ethyl adjacent to an activating group) is 1. The van der Waals surface area contributed by atoms with Crippen LogP contribution in [0, 0.1) is 0 Å². The highest BCUT2D eigenvalue weighted by atomic mass is 16.5. The monoisotopic (exact) mass is 291 g/mol. The zero-order chi connectivity index (χ0) is 14.9. The van der Waals surface area contributed by atoms with Gasteiger partial charge in [0.25, 0.3) is 0 Å². The Morgan fingerprint density at radius 1 is 1.43 bits per heavy atom. The van der Waals surface area contributed by atoms with E-state index in [9.17, 15) is 0 Å². The number of methoxy groups -OCH3 is 1. The fourth-order valence-electron chi connectivity index (χ4n) is 3.11. The van der Waals surface area contributed by atoms with E-state index in [0.717, 1.165) is 25.3 Å². The molecule has 2 rings (SSSR count). The van der Waals surface area contributed by atoms with Crippen molar-refractivity contribution in [1.82, 2.24) is 5.32 Å². The lowest BCUT2D eigenvalue weighted by Gasteiger charge is -2.19. The molecule has 0 amide bonds. The van der Waals surface area contributed by atoms with Crippen LogP contribution in [0.25, 0.3) is 0 Å². The lowest BCUT2D eigenvalue weighted by atomic mass is 9.99. The third-order valence-electron chi connectivity index (χ3n) is 4.21. The normalized spacial score (nSPS) is 19.6. The minimum Gasteiger partial charge on any atom is -0.497 e. The summed E-state index contributed by atoms with van der Waals surface area (Å²) >= 11 is 0. The lowest BCUT2D eigenvalue weighted by Crippen LogP contribution is -2.31. The van der Waals surface area contributed by atoms with Gasteiger partial charge in [-0.2, -0.15) is 0 Å². The highest BCUT2D eigenvalue weighted by Gasteiger charge is 2.16. The molecule has 21 heavy (non-hydrogen) atoms. The first-order valence-electron chi connectivity index (χ1n) is 8.29. The molecule has 1 heterocycles. The van der Waals surface area contributed by atoms with Crippen LogP contribution in [0.1, 0.15) is 44.6 Å². The number of rotatable bonds is 9. The molecule has 1 N–H and O–H groups in total. The molecule has 3 heteroatoms. The Balaban J connectivity index is 1.79. The van der Waals surface area contributed by atoms with E-state index in [-0.39, 0.29) is 0 Å². The molecule has 0 aromatic heterocycles. The maximum Gasteiger partial charge on any atom is 0.119 e. The van der Waals surface area contributed by atoms with E-state index in [4.69, 9.17) is 9.47 Å². The van der Waals surface area contributed by atoms with Gasteiger partial charge in [-0.3, -0.25) is 0 Å². The van der Waals surface area contributed by atoms with Crippen LogP contribution in [0.15, 0.2) is 24.3 Å². The Labute approximate surface area is 129 Å². The lowest BCUT2D eigenvalue weighted by molar-refractivity contribution is 0.101. The third-order valence-corrected chi connectivity index (χ3v) is 4.21. The number of hydrogen-bond donors (Lipinski definition) is 1. The van der Waals surface area contributed by atoms with E-state index >= 15 is 0 Å². The van der Waals surface area contributed by atoms with Crippen LogP contribution in [-0.2, 0) is 11.2 Å². The molecule has 0 bridgehead atoms. The second kappa shape index (κ2) is 9.06. The van der Waals surface area contributed by atoms with Gasteiger partial charge in [0.2, 0.25) is 0 Å². The molecule has 3 nitrogen and oxygen atoms in total. The molecule has 1 saturated heterocycles. The Morgan fingerprint density at radius 3 is 3.05 bits per heavy atom. The molecule has 0 aliphatic carbocycles. The SMILES string of the molecule is CCNC(CCCC1CCCO1)Cc1cccc(OC)c1. The van der Waals surface area contributed by atoms with Gasteiger partial charge in [-0.25, -0.2) is 0 Å². The van der Waals surface area contributed by atoms with Gasteiger partial charge in [0.05, 0.1) is 13.2 Å². The van der Waals surface area contributed by atoms with Crippen molar-refractivity contribution in [3.05, 3.63) is 29.8 Å².